The lowest BCUT2D eigenvalue weighted by molar-refractivity contribution is 0.572. The van der Waals surface area contributed by atoms with E-state index in [1.807, 2.05) is 37.4 Å². The first-order valence-corrected chi connectivity index (χ1v) is 10.9. The molecule has 1 aromatic carbocycles. The molecular weight excluding hydrogens is 364 g/mol. The summed E-state index contributed by atoms with van der Waals surface area (Å²) in [6.45, 7) is 3.90. The standard InChI is InChI=1S/C15H18N4O2S3/c1-4-13-18-19-14(10(2)17-15(19)23-13)24(20,21)16-9-11-5-7-12(22-3)8-6-11/h5-8,16H,4,9H2,1-3H3. The molecule has 0 bridgehead atoms. The Kier molecular flexibility index (Phi) is 4.95. The molecule has 0 saturated carbocycles. The third-order valence-corrected chi connectivity index (χ3v) is 6.85. The van der Waals surface area contributed by atoms with E-state index < -0.39 is 10.0 Å². The molecule has 0 aliphatic heterocycles. The number of hydrogen-bond donors (Lipinski definition) is 1. The van der Waals surface area contributed by atoms with E-state index in [2.05, 4.69) is 14.8 Å². The first-order chi connectivity index (χ1) is 11.4. The second-order valence-electron chi connectivity index (χ2n) is 5.22. The van der Waals surface area contributed by atoms with Crippen molar-refractivity contribution in [2.45, 2.75) is 36.7 Å². The van der Waals surface area contributed by atoms with Crippen molar-refractivity contribution in [3.8, 4) is 0 Å². The first-order valence-electron chi connectivity index (χ1n) is 7.42. The maximum Gasteiger partial charge on any atom is 0.260 e. The minimum Gasteiger partial charge on any atom is -0.221 e. The molecule has 2 heterocycles. The van der Waals surface area contributed by atoms with Crippen LogP contribution in [-0.2, 0) is 23.0 Å². The molecule has 0 radical (unpaired) electrons. The van der Waals surface area contributed by atoms with Gasteiger partial charge in [0.25, 0.3) is 10.0 Å². The topological polar surface area (TPSA) is 76.4 Å². The Hall–Kier alpha value is -1.42. The summed E-state index contributed by atoms with van der Waals surface area (Å²) in [6, 6.07) is 7.80. The fourth-order valence-electron chi connectivity index (χ4n) is 2.31. The van der Waals surface area contributed by atoms with Crippen LogP contribution in [0.25, 0.3) is 4.96 Å². The van der Waals surface area contributed by atoms with Crippen LogP contribution in [-0.4, -0.2) is 29.3 Å². The summed E-state index contributed by atoms with van der Waals surface area (Å²) >= 11 is 3.06. The average molecular weight is 383 g/mol. The van der Waals surface area contributed by atoms with Gasteiger partial charge in [0.1, 0.15) is 5.01 Å². The van der Waals surface area contributed by atoms with E-state index in [1.165, 1.54) is 15.9 Å². The summed E-state index contributed by atoms with van der Waals surface area (Å²) in [6.07, 6.45) is 2.76. The number of aromatic nitrogens is 3. The smallest absolute Gasteiger partial charge is 0.221 e. The van der Waals surface area contributed by atoms with Crippen LogP contribution in [0.2, 0.25) is 0 Å². The van der Waals surface area contributed by atoms with Crippen LogP contribution in [0, 0.1) is 6.92 Å². The molecule has 3 aromatic rings. The Morgan fingerprint density at radius 1 is 1.29 bits per heavy atom. The van der Waals surface area contributed by atoms with E-state index in [4.69, 9.17) is 0 Å². The predicted molar refractivity (Wildman–Crippen MR) is 97.2 cm³/mol. The van der Waals surface area contributed by atoms with E-state index in [1.54, 1.807) is 18.7 Å². The van der Waals surface area contributed by atoms with E-state index >= 15 is 0 Å². The molecule has 9 heteroatoms. The molecular formula is C15H18N4O2S3. The predicted octanol–water partition coefficient (Wildman–Crippen LogP) is 2.86. The lowest BCUT2D eigenvalue weighted by Crippen LogP contribution is -2.25. The van der Waals surface area contributed by atoms with Crippen LogP contribution in [0.3, 0.4) is 0 Å². The Bertz CT molecular complexity index is 959. The molecule has 6 nitrogen and oxygen atoms in total. The molecule has 0 aliphatic carbocycles. The largest absolute Gasteiger partial charge is 0.260 e. The molecule has 128 valence electrons. The highest BCUT2D eigenvalue weighted by molar-refractivity contribution is 7.98. The second kappa shape index (κ2) is 6.83. The normalized spacial score (nSPS) is 12.1. The van der Waals surface area contributed by atoms with Crippen molar-refractivity contribution in [1.29, 1.82) is 0 Å². The molecule has 0 atom stereocenters. The number of benzene rings is 1. The number of sulfonamides is 1. The number of aryl methyl sites for hydroxylation is 2. The van der Waals surface area contributed by atoms with Gasteiger partial charge in [-0.25, -0.2) is 18.1 Å². The van der Waals surface area contributed by atoms with Crippen LogP contribution >= 0.6 is 23.1 Å². The summed E-state index contributed by atoms with van der Waals surface area (Å²) in [7, 11) is -3.69. The van der Waals surface area contributed by atoms with Crippen molar-refractivity contribution in [1.82, 2.24) is 19.3 Å². The number of nitrogens with zero attached hydrogens (tertiary/aromatic N) is 3. The molecule has 3 rings (SSSR count). The lowest BCUT2D eigenvalue weighted by Gasteiger charge is -2.07. The minimum absolute atomic E-state index is 0.120. The molecule has 0 aliphatic rings. The van der Waals surface area contributed by atoms with E-state index in [9.17, 15) is 8.42 Å². The monoisotopic (exact) mass is 382 g/mol. The highest BCUT2D eigenvalue weighted by atomic mass is 32.2. The number of hydrogen-bond acceptors (Lipinski definition) is 6. The highest BCUT2D eigenvalue weighted by Crippen LogP contribution is 2.22. The average Bonchev–Trinajstić information content (AvgIpc) is 3.09. The van der Waals surface area contributed by atoms with Gasteiger partial charge in [0.05, 0.1) is 5.69 Å². The summed E-state index contributed by atoms with van der Waals surface area (Å²) < 4.78 is 29.5. The molecule has 0 unspecified atom stereocenters. The highest BCUT2D eigenvalue weighted by Gasteiger charge is 2.25. The van der Waals surface area contributed by atoms with Gasteiger partial charge in [-0.05, 0) is 37.3 Å². The summed E-state index contributed by atoms with van der Waals surface area (Å²) in [5.74, 6) is 0. The van der Waals surface area contributed by atoms with E-state index in [0.717, 1.165) is 21.9 Å². The molecule has 1 N–H and O–H groups in total. The van der Waals surface area contributed by atoms with Crippen molar-refractivity contribution in [3.05, 3.63) is 40.5 Å². The van der Waals surface area contributed by atoms with Gasteiger partial charge in [-0.2, -0.15) is 9.61 Å². The quantitative estimate of drug-likeness (QED) is 0.664. The summed E-state index contributed by atoms with van der Waals surface area (Å²) in [4.78, 5) is 6.07. The Morgan fingerprint density at radius 2 is 2.00 bits per heavy atom. The number of fused-ring (bicyclic) bond motifs is 1. The SMILES string of the molecule is CCc1nn2c(S(=O)(=O)NCc3ccc(SC)cc3)c(C)nc2s1. The third-order valence-electron chi connectivity index (χ3n) is 3.55. The van der Waals surface area contributed by atoms with E-state index in [0.29, 0.717) is 10.7 Å². The van der Waals surface area contributed by atoms with Crippen molar-refractivity contribution in [2.75, 3.05) is 6.26 Å². The fraction of sp³-hybridized carbons (Fsp3) is 0.333. The maximum absolute atomic E-state index is 12.7. The molecule has 0 saturated heterocycles. The summed E-state index contributed by atoms with van der Waals surface area (Å²) in [5, 5.41) is 5.33. The maximum atomic E-state index is 12.7. The molecule has 0 fully saturated rings. The minimum atomic E-state index is -3.69. The van der Waals surface area contributed by atoms with Crippen molar-refractivity contribution in [2.24, 2.45) is 0 Å². The number of imidazole rings is 1. The van der Waals surface area contributed by atoms with Gasteiger partial charge in [0.15, 0.2) is 5.03 Å². The number of rotatable bonds is 6. The van der Waals surface area contributed by atoms with Gasteiger partial charge in [0.2, 0.25) is 4.96 Å². The molecule has 24 heavy (non-hydrogen) atoms. The number of thioether (sulfide) groups is 1. The van der Waals surface area contributed by atoms with Gasteiger partial charge in [-0.1, -0.05) is 30.4 Å². The van der Waals surface area contributed by atoms with Crippen LogP contribution in [0.4, 0.5) is 0 Å². The van der Waals surface area contributed by atoms with Crippen LogP contribution < -0.4 is 4.72 Å². The van der Waals surface area contributed by atoms with Crippen LogP contribution in [0.1, 0.15) is 23.2 Å². The van der Waals surface area contributed by atoms with Gasteiger partial charge < -0.3 is 0 Å². The second-order valence-corrected chi connectivity index (χ2v) is 8.82. The van der Waals surface area contributed by atoms with Crippen molar-refractivity contribution in [3.63, 3.8) is 0 Å². The Labute approximate surface area is 149 Å². The van der Waals surface area contributed by atoms with Gasteiger partial charge in [0, 0.05) is 11.4 Å². The zero-order valence-corrected chi connectivity index (χ0v) is 16.1. The molecule has 2 aromatic heterocycles. The summed E-state index contributed by atoms with van der Waals surface area (Å²) in [5.41, 5.74) is 1.36. The van der Waals surface area contributed by atoms with Gasteiger partial charge in [-0.15, -0.1) is 11.8 Å². The van der Waals surface area contributed by atoms with Gasteiger partial charge in [-0.3, -0.25) is 0 Å². The van der Waals surface area contributed by atoms with Crippen LogP contribution in [0.5, 0.6) is 0 Å². The van der Waals surface area contributed by atoms with Crippen molar-refractivity contribution >= 4 is 38.1 Å². The van der Waals surface area contributed by atoms with Crippen LogP contribution in [0.15, 0.2) is 34.2 Å². The lowest BCUT2D eigenvalue weighted by atomic mass is 10.2. The van der Waals surface area contributed by atoms with Gasteiger partial charge >= 0.3 is 0 Å². The fourth-order valence-corrected chi connectivity index (χ4v) is 4.94. The zero-order valence-electron chi connectivity index (χ0n) is 13.6. The third kappa shape index (κ3) is 3.34. The Morgan fingerprint density at radius 3 is 2.62 bits per heavy atom. The number of nitrogens with one attached hydrogen (secondary N) is 1. The molecule has 0 amide bonds. The Balaban J connectivity index is 1.87. The zero-order chi connectivity index (χ0) is 17.3. The first kappa shape index (κ1) is 17.4. The molecule has 0 spiro atoms. The van der Waals surface area contributed by atoms with E-state index in [-0.39, 0.29) is 11.6 Å². The van der Waals surface area contributed by atoms with Crippen molar-refractivity contribution < 1.29 is 8.42 Å².